The second-order valence-electron chi connectivity index (χ2n) is 2.73. The molecule has 2 N–H and O–H groups in total. The van der Waals surface area contributed by atoms with Crippen LogP contribution in [0, 0.1) is 0 Å². The van der Waals surface area contributed by atoms with Gasteiger partial charge in [0, 0.05) is 11.8 Å². The smallest absolute Gasteiger partial charge is 0.246 e. The number of hydrogen-bond donors (Lipinski definition) is 2. The number of carbonyl (C=O) groups is 1. The van der Waals surface area contributed by atoms with Gasteiger partial charge in [-0.3, -0.25) is 4.79 Å². The number of allylic oxidation sites excluding steroid dienone is 1. The highest BCUT2D eigenvalue weighted by atomic mass is 16.1. The summed E-state index contributed by atoms with van der Waals surface area (Å²) in [6, 6.07) is 0. The van der Waals surface area contributed by atoms with Crippen LogP contribution in [0.5, 0.6) is 0 Å². The summed E-state index contributed by atoms with van der Waals surface area (Å²) < 4.78 is 0. The molecular formula is C9H13N3O. The lowest BCUT2D eigenvalue weighted by Crippen LogP contribution is -2.23. The van der Waals surface area contributed by atoms with Gasteiger partial charge in [0.05, 0.1) is 18.6 Å². The van der Waals surface area contributed by atoms with E-state index in [0.717, 1.165) is 11.3 Å². The van der Waals surface area contributed by atoms with E-state index in [9.17, 15) is 4.79 Å². The minimum Gasteiger partial charge on any atom is -0.347 e. The summed E-state index contributed by atoms with van der Waals surface area (Å²) in [7, 11) is 0. The van der Waals surface area contributed by atoms with Gasteiger partial charge in [-0.1, -0.05) is 6.08 Å². The molecule has 1 aromatic heterocycles. The Hall–Kier alpha value is -1.58. The fourth-order valence-electron chi connectivity index (χ4n) is 0.827. The molecule has 0 aliphatic rings. The number of amides is 1. The van der Waals surface area contributed by atoms with E-state index in [4.69, 9.17) is 0 Å². The average Bonchev–Trinajstić information content (AvgIpc) is 2.65. The fraction of sp³-hybridized carbons (Fsp3) is 0.333. The summed E-state index contributed by atoms with van der Waals surface area (Å²) in [6.45, 7) is 4.11. The zero-order chi connectivity index (χ0) is 9.68. The zero-order valence-electron chi connectivity index (χ0n) is 7.79. The van der Waals surface area contributed by atoms with Crippen molar-refractivity contribution >= 4 is 5.91 Å². The molecule has 1 aromatic rings. The van der Waals surface area contributed by atoms with Gasteiger partial charge in [-0.15, -0.1) is 0 Å². The number of aromatic nitrogens is 2. The number of imidazole rings is 1. The Kier molecular flexibility index (Phi) is 3.25. The fourth-order valence-corrected chi connectivity index (χ4v) is 0.827. The van der Waals surface area contributed by atoms with Crippen molar-refractivity contribution < 1.29 is 4.79 Å². The molecule has 1 amide bonds. The van der Waals surface area contributed by atoms with Gasteiger partial charge >= 0.3 is 0 Å². The predicted octanol–water partition coefficient (Wildman–Crippen LogP) is 0.992. The monoisotopic (exact) mass is 179 g/mol. The van der Waals surface area contributed by atoms with E-state index in [1.54, 1.807) is 25.5 Å². The standard InChI is InChI=1S/C9H13N3O/c1-3-7(2)9(13)11-5-8-4-10-6-12-8/h3-4,6H,5H2,1-2H3,(H,10,12)(H,11,13)/b7-3-. The lowest BCUT2D eigenvalue weighted by molar-refractivity contribution is -0.117. The molecule has 0 bridgehead atoms. The Bertz CT molecular complexity index is 301. The van der Waals surface area contributed by atoms with Crippen molar-refractivity contribution in [3.05, 3.63) is 29.9 Å². The zero-order valence-corrected chi connectivity index (χ0v) is 7.79. The molecule has 70 valence electrons. The number of rotatable bonds is 3. The summed E-state index contributed by atoms with van der Waals surface area (Å²) in [5.41, 5.74) is 1.62. The highest BCUT2D eigenvalue weighted by molar-refractivity contribution is 5.92. The van der Waals surface area contributed by atoms with E-state index in [1.807, 2.05) is 6.92 Å². The quantitative estimate of drug-likeness (QED) is 0.680. The normalized spacial score (nSPS) is 11.4. The Morgan fingerprint density at radius 2 is 2.54 bits per heavy atom. The Labute approximate surface area is 77.1 Å². The van der Waals surface area contributed by atoms with Crippen molar-refractivity contribution in [3.8, 4) is 0 Å². The first kappa shape index (κ1) is 9.51. The van der Waals surface area contributed by atoms with Gasteiger partial charge < -0.3 is 10.3 Å². The third-order valence-corrected chi connectivity index (χ3v) is 1.79. The molecule has 13 heavy (non-hydrogen) atoms. The molecule has 0 fully saturated rings. The average molecular weight is 179 g/mol. The van der Waals surface area contributed by atoms with Crippen molar-refractivity contribution in [1.29, 1.82) is 0 Å². The van der Waals surface area contributed by atoms with Crippen LogP contribution in [0.25, 0.3) is 0 Å². The Balaban J connectivity index is 2.40. The number of nitrogens with zero attached hydrogens (tertiary/aromatic N) is 1. The minimum absolute atomic E-state index is 0.0444. The minimum atomic E-state index is -0.0444. The van der Waals surface area contributed by atoms with Crippen LogP contribution >= 0.6 is 0 Å². The molecule has 1 heterocycles. The lowest BCUT2D eigenvalue weighted by Gasteiger charge is -2.02. The van der Waals surface area contributed by atoms with Crippen LogP contribution in [-0.2, 0) is 11.3 Å². The van der Waals surface area contributed by atoms with Gasteiger partial charge in [-0.25, -0.2) is 4.98 Å². The molecule has 0 radical (unpaired) electrons. The number of H-pyrrole nitrogens is 1. The van der Waals surface area contributed by atoms with Crippen LogP contribution in [0.1, 0.15) is 19.5 Å². The van der Waals surface area contributed by atoms with E-state index >= 15 is 0 Å². The van der Waals surface area contributed by atoms with E-state index in [0.29, 0.717) is 6.54 Å². The van der Waals surface area contributed by atoms with E-state index in [1.165, 1.54) is 0 Å². The summed E-state index contributed by atoms with van der Waals surface area (Å²) in [6.07, 6.45) is 5.05. The molecule has 0 atom stereocenters. The van der Waals surface area contributed by atoms with Gasteiger partial charge in [-0.2, -0.15) is 0 Å². The van der Waals surface area contributed by atoms with E-state index in [-0.39, 0.29) is 5.91 Å². The molecule has 4 heteroatoms. The van der Waals surface area contributed by atoms with Gasteiger partial charge in [0.1, 0.15) is 0 Å². The molecule has 0 aliphatic carbocycles. The van der Waals surface area contributed by atoms with Gasteiger partial charge in [0.2, 0.25) is 5.91 Å². The van der Waals surface area contributed by atoms with Gasteiger partial charge in [0.25, 0.3) is 0 Å². The van der Waals surface area contributed by atoms with Crippen molar-refractivity contribution in [2.45, 2.75) is 20.4 Å². The summed E-state index contributed by atoms with van der Waals surface area (Å²) in [5.74, 6) is -0.0444. The maximum atomic E-state index is 11.3. The van der Waals surface area contributed by atoms with Crippen molar-refractivity contribution in [3.63, 3.8) is 0 Å². The molecule has 0 unspecified atom stereocenters. The summed E-state index contributed by atoms with van der Waals surface area (Å²) in [5, 5.41) is 2.76. The van der Waals surface area contributed by atoms with Crippen LogP contribution in [0.4, 0.5) is 0 Å². The molecule has 4 nitrogen and oxygen atoms in total. The van der Waals surface area contributed by atoms with Gasteiger partial charge in [0.15, 0.2) is 0 Å². The topological polar surface area (TPSA) is 57.8 Å². The van der Waals surface area contributed by atoms with E-state index in [2.05, 4.69) is 15.3 Å². The van der Waals surface area contributed by atoms with Crippen molar-refractivity contribution in [1.82, 2.24) is 15.3 Å². The number of aromatic amines is 1. The van der Waals surface area contributed by atoms with Crippen LogP contribution in [0.2, 0.25) is 0 Å². The molecule has 0 saturated carbocycles. The third kappa shape index (κ3) is 2.74. The molecule has 0 spiro atoms. The van der Waals surface area contributed by atoms with Crippen molar-refractivity contribution in [2.75, 3.05) is 0 Å². The highest BCUT2D eigenvalue weighted by Gasteiger charge is 2.02. The summed E-state index contributed by atoms with van der Waals surface area (Å²) in [4.78, 5) is 18.0. The van der Waals surface area contributed by atoms with Crippen LogP contribution in [-0.4, -0.2) is 15.9 Å². The second-order valence-corrected chi connectivity index (χ2v) is 2.73. The van der Waals surface area contributed by atoms with Crippen LogP contribution in [0.15, 0.2) is 24.2 Å². The SMILES string of the molecule is C/C=C(/C)C(=O)NCc1cnc[nH]1. The third-order valence-electron chi connectivity index (χ3n) is 1.79. The first-order chi connectivity index (χ1) is 6.24. The van der Waals surface area contributed by atoms with Crippen molar-refractivity contribution in [2.24, 2.45) is 0 Å². The molecule has 0 aromatic carbocycles. The van der Waals surface area contributed by atoms with Crippen LogP contribution < -0.4 is 5.32 Å². The molecule has 1 rings (SSSR count). The Morgan fingerprint density at radius 1 is 1.77 bits per heavy atom. The first-order valence-corrected chi connectivity index (χ1v) is 4.12. The second kappa shape index (κ2) is 4.45. The largest absolute Gasteiger partial charge is 0.347 e. The number of carbonyl (C=O) groups excluding carboxylic acids is 1. The van der Waals surface area contributed by atoms with Crippen LogP contribution in [0.3, 0.4) is 0 Å². The number of nitrogens with one attached hydrogen (secondary N) is 2. The number of hydrogen-bond acceptors (Lipinski definition) is 2. The first-order valence-electron chi connectivity index (χ1n) is 4.12. The van der Waals surface area contributed by atoms with E-state index < -0.39 is 0 Å². The van der Waals surface area contributed by atoms with Gasteiger partial charge in [-0.05, 0) is 13.8 Å². The predicted molar refractivity (Wildman–Crippen MR) is 49.9 cm³/mol. The Morgan fingerprint density at radius 3 is 3.08 bits per heavy atom. The molecular weight excluding hydrogens is 166 g/mol. The maximum absolute atomic E-state index is 11.3. The lowest BCUT2D eigenvalue weighted by atomic mass is 10.3. The maximum Gasteiger partial charge on any atom is 0.246 e. The summed E-state index contributed by atoms with van der Waals surface area (Å²) >= 11 is 0. The highest BCUT2D eigenvalue weighted by Crippen LogP contribution is 1.94. The molecule has 0 saturated heterocycles. The molecule has 0 aliphatic heterocycles.